The minimum atomic E-state index is 0.396. The van der Waals surface area contributed by atoms with Crippen LogP contribution in [0.2, 0.25) is 0 Å². The summed E-state index contributed by atoms with van der Waals surface area (Å²) in [4.78, 5) is 4.14. The van der Waals surface area contributed by atoms with Gasteiger partial charge in [0.2, 0.25) is 0 Å². The highest BCUT2D eigenvalue weighted by Gasteiger charge is 2.40. The molecule has 0 amide bonds. The van der Waals surface area contributed by atoms with E-state index in [9.17, 15) is 0 Å². The number of nitrogens with zero attached hydrogens (tertiary/aromatic N) is 2. The van der Waals surface area contributed by atoms with Crippen molar-refractivity contribution in [2.75, 3.05) is 0 Å². The smallest absolute Gasteiger partial charge is 0.0623 e. The second kappa shape index (κ2) is 8.47. The first-order valence-electron chi connectivity index (χ1n) is 14.7. The fourth-order valence-electron chi connectivity index (χ4n) is 8.12. The van der Waals surface area contributed by atoms with Crippen molar-refractivity contribution in [3.8, 4) is 0 Å². The van der Waals surface area contributed by atoms with Gasteiger partial charge in [-0.2, -0.15) is 0 Å². The Morgan fingerprint density at radius 2 is 1.67 bits per heavy atom. The van der Waals surface area contributed by atoms with Gasteiger partial charge < -0.3 is 9.47 Å². The molecule has 0 fully saturated rings. The molecule has 0 radical (unpaired) electrons. The van der Waals surface area contributed by atoms with E-state index >= 15 is 0 Å². The highest BCUT2D eigenvalue weighted by Crippen LogP contribution is 2.48. The van der Waals surface area contributed by atoms with Crippen molar-refractivity contribution in [2.24, 2.45) is 5.92 Å². The Morgan fingerprint density at radius 1 is 0.795 bits per heavy atom. The third-order valence-corrected chi connectivity index (χ3v) is 10.9. The van der Waals surface area contributed by atoms with Gasteiger partial charge in [0.15, 0.2) is 0 Å². The molecule has 2 aromatic heterocycles. The molecule has 0 spiro atoms. The van der Waals surface area contributed by atoms with Gasteiger partial charge >= 0.3 is 0 Å². The molecule has 0 saturated carbocycles. The van der Waals surface area contributed by atoms with Gasteiger partial charge in [0.05, 0.1) is 12.1 Å². The van der Waals surface area contributed by atoms with Crippen LogP contribution in [0.3, 0.4) is 0 Å². The topological polar surface area (TPSA) is 8.17 Å². The standard InChI is InChI=1S/C36H32N2S/c1-5-13-31-25(9-1)26-10-2-6-14-32(26)37(31)23-17-19-34-29(21-23)27-11-3-7-15-33(27)38(34)24-18-20-36-30(22-24)28-12-4-8-16-35(28)39-36/h1,3-6,8-9,11-14,16,18,20-21,24-25,31H,2,7,10,15,17,19,22H2. The van der Waals surface area contributed by atoms with Crippen LogP contribution in [0.5, 0.6) is 0 Å². The van der Waals surface area contributed by atoms with Gasteiger partial charge in [0.1, 0.15) is 0 Å². The van der Waals surface area contributed by atoms with Crippen LogP contribution in [0.15, 0.2) is 89.8 Å². The molecule has 9 rings (SSSR count). The van der Waals surface area contributed by atoms with Crippen molar-refractivity contribution in [1.82, 2.24) is 9.47 Å². The van der Waals surface area contributed by atoms with Crippen molar-refractivity contribution in [3.05, 3.63) is 123 Å². The van der Waals surface area contributed by atoms with E-state index in [1.54, 1.807) is 22.5 Å². The Hall–Kier alpha value is -3.56. The zero-order valence-electron chi connectivity index (χ0n) is 22.1. The summed E-state index contributed by atoms with van der Waals surface area (Å²) in [6.07, 6.45) is 34.4. The Labute approximate surface area is 234 Å². The second-order valence-corrected chi connectivity index (χ2v) is 12.8. The largest absolute Gasteiger partial charge is 0.340 e. The molecule has 3 unspecified atom stereocenters. The fourth-order valence-corrected chi connectivity index (χ4v) is 9.26. The second-order valence-electron chi connectivity index (χ2n) is 11.7. The molecule has 0 N–H and O–H groups in total. The summed E-state index contributed by atoms with van der Waals surface area (Å²) in [6.45, 7) is 0. The highest BCUT2D eigenvalue weighted by molar-refractivity contribution is 7.20. The number of thiophene rings is 1. The number of benzene rings is 1. The van der Waals surface area contributed by atoms with Crippen molar-refractivity contribution in [3.63, 3.8) is 0 Å². The van der Waals surface area contributed by atoms with Gasteiger partial charge in [0, 0.05) is 49.4 Å². The molecule has 3 aromatic rings. The summed E-state index contributed by atoms with van der Waals surface area (Å²) in [6, 6.07) is 9.79. The van der Waals surface area contributed by atoms with E-state index in [2.05, 4.69) is 101 Å². The van der Waals surface area contributed by atoms with Crippen LogP contribution in [0.1, 0.15) is 64.7 Å². The SMILES string of the molecule is C1=CC2C3=C(C=CCC3)N(C3=Cc4c5c(n(C6C=Cc7sc8ccccc8c7C6)c4CC3)CCC=C5)C2C=C1. The van der Waals surface area contributed by atoms with Crippen LogP contribution in [0, 0.1) is 5.92 Å². The van der Waals surface area contributed by atoms with E-state index in [0.717, 1.165) is 32.1 Å². The maximum absolute atomic E-state index is 2.76. The minimum absolute atomic E-state index is 0.396. The van der Waals surface area contributed by atoms with Crippen LogP contribution >= 0.6 is 11.3 Å². The Bertz CT molecular complexity index is 1760. The molecule has 0 saturated heterocycles. The Kier molecular flexibility index (Phi) is 4.84. The lowest BCUT2D eigenvalue weighted by Crippen LogP contribution is -2.33. The van der Waals surface area contributed by atoms with Gasteiger partial charge in [-0.1, -0.05) is 66.8 Å². The van der Waals surface area contributed by atoms with Crippen molar-refractivity contribution in [2.45, 2.75) is 57.0 Å². The van der Waals surface area contributed by atoms with Crippen LogP contribution in [-0.4, -0.2) is 15.5 Å². The molecule has 3 heterocycles. The first-order valence-corrected chi connectivity index (χ1v) is 15.5. The van der Waals surface area contributed by atoms with Crippen molar-refractivity contribution < 1.29 is 0 Å². The molecular formula is C36H32N2S. The Morgan fingerprint density at radius 3 is 2.67 bits per heavy atom. The summed E-state index contributed by atoms with van der Waals surface area (Å²) >= 11 is 1.95. The predicted molar refractivity (Wildman–Crippen MR) is 164 cm³/mol. The minimum Gasteiger partial charge on any atom is -0.340 e. The van der Waals surface area contributed by atoms with Crippen LogP contribution < -0.4 is 0 Å². The molecule has 1 aromatic carbocycles. The third-order valence-electron chi connectivity index (χ3n) is 9.76. The summed E-state index contributed by atoms with van der Waals surface area (Å²) < 4.78 is 4.18. The maximum Gasteiger partial charge on any atom is 0.0623 e. The van der Waals surface area contributed by atoms with E-state index in [1.807, 2.05) is 11.3 Å². The van der Waals surface area contributed by atoms with E-state index < -0.39 is 0 Å². The molecular weight excluding hydrogens is 492 g/mol. The summed E-state index contributed by atoms with van der Waals surface area (Å²) in [5, 5.41) is 1.45. The van der Waals surface area contributed by atoms with Gasteiger partial charge in [-0.25, -0.2) is 0 Å². The number of aromatic nitrogens is 1. The lowest BCUT2D eigenvalue weighted by molar-refractivity contribution is 0.359. The number of hydrogen-bond donors (Lipinski definition) is 0. The number of rotatable bonds is 2. The molecule has 39 heavy (non-hydrogen) atoms. The van der Waals surface area contributed by atoms with Gasteiger partial charge in [-0.05, 0) is 85.8 Å². The first-order chi connectivity index (χ1) is 19.3. The lowest BCUT2D eigenvalue weighted by atomic mass is 9.87. The van der Waals surface area contributed by atoms with Crippen molar-refractivity contribution >= 4 is 39.7 Å². The zero-order chi connectivity index (χ0) is 25.5. The molecule has 2 nitrogen and oxygen atoms in total. The number of allylic oxidation sites excluding steroid dienone is 7. The predicted octanol–water partition coefficient (Wildman–Crippen LogP) is 8.79. The van der Waals surface area contributed by atoms with Gasteiger partial charge in [-0.3, -0.25) is 0 Å². The molecule has 3 heteroatoms. The van der Waals surface area contributed by atoms with E-state index in [4.69, 9.17) is 0 Å². The number of fused-ring (bicyclic) bond motifs is 8. The van der Waals surface area contributed by atoms with Gasteiger partial charge in [-0.15, -0.1) is 11.3 Å². The normalized spacial score (nSPS) is 26.0. The fraction of sp³-hybridized carbons (Fsp3) is 0.278. The van der Waals surface area contributed by atoms with E-state index in [0.29, 0.717) is 18.0 Å². The highest BCUT2D eigenvalue weighted by atomic mass is 32.1. The quantitative estimate of drug-likeness (QED) is 0.325. The monoisotopic (exact) mass is 524 g/mol. The maximum atomic E-state index is 2.76. The van der Waals surface area contributed by atoms with E-state index in [-0.39, 0.29) is 0 Å². The Balaban J connectivity index is 1.15. The summed E-state index contributed by atoms with van der Waals surface area (Å²) in [5.74, 6) is 0.526. The van der Waals surface area contributed by atoms with Crippen LogP contribution in [0.4, 0.5) is 0 Å². The summed E-state index contributed by atoms with van der Waals surface area (Å²) in [5.41, 5.74) is 12.2. The first kappa shape index (κ1) is 22.3. The van der Waals surface area contributed by atoms with E-state index in [1.165, 1.54) is 50.3 Å². The van der Waals surface area contributed by atoms with Crippen molar-refractivity contribution in [1.29, 1.82) is 0 Å². The molecule has 1 aliphatic heterocycles. The lowest BCUT2D eigenvalue weighted by Gasteiger charge is -2.34. The number of hydrogen-bond acceptors (Lipinski definition) is 2. The van der Waals surface area contributed by atoms with Gasteiger partial charge in [0.25, 0.3) is 0 Å². The zero-order valence-corrected chi connectivity index (χ0v) is 23.0. The molecule has 3 atom stereocenters. The summed E-state index contributed by atoms with van der Waals surface area (Å²) in [7, 11) is 0. The molecule has 0 bridgehead atoms. The third kappa shape index (κ3) is 3.20. The molecule has 192 valence electrons. The van der Waals surface area contributed by atoms with Crippen LogP contribution in [0.25, 0.3) is 28.3 Å². The van der Waals surface area contributed by atoms with Crippen LogP contribution in [-0.2, 0) is 19.3 Å². The average Bonchev–Trinajstić information content (AvgIpc) is 3.64. The molecule has 6 aliphatic rings. The molecule has 5 aliphatic carbocycles. The average molecular weight is 525 g/mol.